The molecule has 20 heavy (non-hydrogen) atoms. The quantitative estimate of drug-likeness (QED) is 0.772. The Kier molecular flexibility index (Phi) is 4.65. The highest BCUT2D eigenvalue weighted by atomic mass is 16.3. The average molecular weight is 276 g/mol. The van der Waals surface area contributed by atoms with Gasteiger partial charge < -0.3 is 15.7 Å². The number of hydrogen-bond acceptors (Lipinski definition) is 3. The van der Waals surface area contributed by atoms with Crippen molar-refractivity contribution in [2.75, 3.05) is 18.4 Å². The first-order chi connectivity index (χ1) is 9.50. The zero-order valence-electron chi connectivity index (χ0n) is 12.3. The number of nitrogens with one attached hydrogen (secondary N) is 2. The molecule has 4 heteroatoms. The molecule has 0 aromatic heterocycles. The van der Waals surface area contributed by atoms with Crippen LogP contribution in [0.3, 0.4) is 0 Å². The van der Waals surface area contributed by atoms with Crippen molar-refractivity contribution >= 4 is 11.6 Å². The van der Waals surface area contributed by atoms with Crippen molar-refractivity contribution in [2.45, 2.75) is 45.1 Å². The van der Waals surface area contributed by atoms with Gasteiger partial charge in [0.25, 0.3) is 0 Å². The molecule has 1 amide bonds. The van der Waals surface area contributed by atoms with Gasteiger partial charge in [0.1, 0.15) is 0 Å². The van der Waals surface area contributed by atoms with Crippen LogP contribution in [0.2, 0.25) is 0 Å². The van der Waals surface area contributed by atoms with Crippen molar-refractivity contribution in [3.05, 3.63) is 29.3 Å². The number of para-hydroxylation sites is 1. The van der Waals surface area contributed by atoms with Crippen molar-refractivity contribution in [1.82, 2.24) is 5.32 Å². The predicted molar refractivity (Wildman–Crippen MR) is 80.8 cm³/mol. The van der Waals surface area contributed by atoms with Crippen LogP contribution < -0.4 is 10.6 Å². The van der Waals surface area contributed by atoms with Gasteiger partial charge in [0.15, 0.2) is 0 Å². The highest BCUT2D eigenvalue weighted by Gasteiger charge is 2.31. The number of aliphatic hydroxyl groups is 1. The highest BCUT2D eigenvalue weighted by Crippen LogP contribution is 2.28. The number of carbonyl (C=O) groups excluding carboxylic acids is 1. The van der Waals surface area contributed by atoms with Crippen LogP contribution in [0.1, 0.15) is 36.8 Å². The monoisotopic (exact) mass is 276 g/mol. The molecule has 3 N–H and O–H groups in total. The molecule has 0 bridgehead atoms. The fourth-order valence-corrected chi connectivity index (χ4v) is 2.80. The summed E-state index contributed by atoms with van der Waals surface area (Å²) in [6.45, 7) is 4.64. The fraction of sp³-hybridized carbons (Fsp3) is 0.562. The van der Waals surface area contributed by atoms with Gasteiger partial charge in [-0.05, 0) is 37.8 Å². The number of amides is 1. The summed E-state index contributed by atoms with van der Waals surface area (Å²) in [6, 6.07) is 6.05. The molecule has 0 aliphatic heterocycles. The van der Waals surface area contributed by atoms with Crippen LogP contribution >= 0.6 is 0 Å². The molecular formula is C16H24N2O2. The van der Waals surface area contributed by atoms with Crippen LogP contribution in [0.25, 0.3) is 0 Å². The zero-order chi connectivity index (χ0) is 14.6. The predicted octanol–water partition coefficient (Wildman–Crippen LogP) is 2.14. The first-order valence-electron chi connectivity index (χ1n) is 7.29. The molecule has 1 aromatic carbocycles. The Morgan fingerprint density at radius 3 is 2.45 bits per heavy atom. The first-order valence-corrected chi connectivity index (χ1v) is 7.29. The molecule has 1 saturated carbocycles. The van der Waals surface area contributed by atoms with Gasteiger partial charge in [0.05, 0.1) is 12.1 Å². The van der Waals surface area contributed by atoms with Crippen LogP contribution in [0.4, 0.5) is 5.69 Å². The van der Waals surface area contributed by atoms with E-state index in [1.807, 2.05) is 32.0 Å². The molecular weight excluding hydrogens is 252 g/mol. The van der Waals surface area contributed by atoms with E-state index < -0.39 is 5.60 Å². The summed E-state index contributed by atoms with van der Waals surface area (Å²) in [4.78, 5) is 11.9. The third kappa shape index (κ3) is 3.73. The largest absolute Gasteiger partial charge is 0.388 e. The Balaban J connectivity index is 1.80. The van der Waals surface area contributed by atoms with Gasteiger partial charge in [-0.2, -0.15) is 0 Å². The standard InChI is InChI=1S/C16H24N2O2/c1-12-6-5-7-13(2)15(12)17-10-14(19)18-11-16(20)8-3-4-9-16/h5-7,17,20H,3-4,8-11H2,1-2H3,(H,18,19). The van der Waals surface area contributed by atoms with E-state index >= 15 is 0 Å². The van der Waals surface area contributed by atoms with Gasteiger partial charge in [-0.15, -0.1) is 0 Å². The summed E-state index contributed by atoms with van der Waals surface area (Å²) in [6.07, 6.45) is 3.68. The lowest BCUT2D eigenvalue weighted by atomic mass is 10.0. The number of anilines is 1. The van der Waals surface area contributed by atoms with Gasteiger partial charge in [-0.1, -0.05) is 31.0 Å². The third-order valence-corrected chi connectivity index (χ3v) is 4.06. The molecule has 2 rings (SSSR count). The van der Waals surface area contributed by atoms with E-state index in [1.165, 1.54) is 0 Å². The molecule has 0 spiro atoms. The Labute approximate surface area is 120 Å². The molecule has 0 radical (unpaired) electrons. The Hall–Kier alpha value is -1.55. The van der Waals surface area contributed by atoms with Crippen LogP contribution in [0, 0.1) is 13.8 Å². The Bertz CT molecular complexity index is 459. The maximum Gasteiger partial charge on any atom is 0.239 e. The van der Waals surface area contributed by atoms with Gasteiger partial charge in [0, 0.05) is 12.2 Å². The second-order valence-corrected chi connectivity index (χ2v) is 5.83. The molecule has 4 nitrogen and oxygen atoms in total. The van der Waals surface area contributed by atoms with Gasteiger partial charge in [-0.25, -0.2) is 0 Å². The molecule has 0 atom stereocenters. The van der Waals surface area contributed by atoms with Crippen molar-refractivity contribution in [3.63, 3.8) is 0 Å². The van der Waals surface area contributed by atoms with E-state index in [0.29, 0.717) is 6.54 Å². The van der Waals surface area contributed by atoms with Crippen molar-refractivity contribution < 1.29 is 9.90 Å². The summed E-state index contributed by atoms with van der Waals surface area (Å²) >= 11 is 0. The Morgan fingerprint density at radius 2 is 1.85 bits per heavy atom. The van der Waals surface area contributed by atoms with Gasteiger partial charge >= 0.3 is 0 Å². The smallest absolute Gasteiger partial charge is 0.239 e. The van der Waals surface area contributed by atoms with Crippen LogP contribution in [0.15, 0.2) is 18.2 Å². The third-order valence-electron chi connectivity index (χ3n) is 4.06. The molecule has 1 aliphatic carbocycles. The number of aryl methyl sites for hydroxylation is 2. The molecule has 110 valence electrons. The number of hydrogen-bond donors (Lipinski definition) is 3. The van der Waals surface area contributed by atoms with E-state index in [-0.39, 0.29) is 12.5 Å². The fourth-order valence-electron chi connectivity index (χ4n) is 2.80. The van der Waals surface area contributed by atoms with E-state index in [9.17, 15) is 9.90 Å². The lowest BCUT2D eigenvalue weighted by Crippen LogP contribution is -2.42. The molecule has 1 aliphatic rings. The molecule has 1 fully saturated rings. The van der Waals surface area contributed by atoms with Gasteiger partial charge in [0.2, 0.25) is 5.91 Å². The molecule has 0 unspecified atom stereocenters. The maximum atomic E-state index is 11.9. The molecule has 0 saturated heterocycles. The van der Waals surface area contributed by atoms with Crippen LogP contribution in [-0.4, -0.2) is 29.7 Å². The van der Waals surface area contributed by atoms with Crippen molar-refractivity contribution in [3.8, 4) is 0 Å². The molecule has 1 aromatic rings. The normalized spacial score (nSPS) is 16.9. The summed E-state index contributed by atoms with van der Waals surface area (Å²) in [7, 11) is 0. The van der Waals surface area contributed by atoms with E-state index in [4.69, 9.17) is 0 Å². The maximum absolute atomic E-state index is 11.9. The van der Waals surface area contributed by atoms with E-state index in [0.717, 1.165) is 42.5 Å². The van der Waals surface area contributed by atoms with Gasteiger partial charge in [-0.3, -0.25) is 4.79 Å². The summed E-state index contributed by atoms with van der Waals surface area (Å²) in [5, 5.41) is 16.2. The average Bonchev–Trinajstić information content (AvgIpc) is 2.83. The topological polar surface area (TPSA) is 61.4 Å². The number of carbonyl (C=O) groups is 1. The van der Waals surface area contributed by atoms with E-state index in [1.54, 1.807) is 0 Å². The Morgan fingerprint density at radius 1 is 1.25 bits per heavy atom. The van der Waals surface area contributed by atoms with E-state index in [2.05, 4.69) is 10.6 Å². The minimum Gasteiger partial charge on any atom is -0.388 e. The number of rotatable bonds is 5. The zero-order valence-corrected chi connectivity index (χ0v) is 12.3. The second-order valence-electron chi connectivity index (χ2n) is 5.83. The van der Waals surface area contributed by atoms with Crippen molar-refractivity contribution in [1.29, 1.82) is 0 Å². The van der Waals surface area contributed by atoms with Crippen molar-refractivity contribution in [2.24, 2.45) is 0 Å². The lowest BCUT2D eigenvalue weighted by molar-refractivity contribution is -0.120. The minimum atomic E-state index is -0.686. The SMILES string of the molecule is Cc1cccc(C)c1NCC(=O)NCC1(O)CCCC1. The summed E-state index contributed by atoms with van der Waals surface area (Å²) < 4.78 is 0. The van der Waals surface area contributed by atoms with Crippen LogP contribution in [-0.2, 0) is 4.79 Å². The summed E-state index contributed by atoms with van der Waals surface area (Å²) in [5.41, 5.74) is 2.59. The number of benzene rings is 1. The molecule has 0 heterocycles. The lowest BCUT2D eigenvalue weighted by Gasteiger charge is -2.22. The van der Waals surface area contributed by atoms with Crippen LogP contribution in [0.5, 0.6) is 0 Å². The first kappa shape index (κ1) is 14.9. The summed E-state index contributed by atoms with van der Waals surface area (Å²) in [5.74, 6) is -0.0759. The highest BCUT2D eigenvalue weighted by molar-refractivity contribution is 5.81. The second kappa shape index (κ2) is 6.27. The minimum absolute atomic E-state index is 0.0759.